The average Bonchev–Trinajstić information content (AvgIpc) is 3.54. The smallest absolute Gasteiger partial charge is 0.267 e. The SMILES string of the molecule is CC(C)c1nn(CC(=O)N[C@H]2CCCN(C3CC3)C2)c(=O)cc1-c1cccc(F)c1. The van der Waals surface area contributed by atoms with E-state index in [0.717, 1.165) is 25.9 Å². The van der Waals surface area contributed by atoms with Crippen LogP contribution in [0.1, 0.15) is 51.1 Å². The molecule has 4 rings (SSSR count). The highest BCUT2D eigenvalue weighted by Gasteiger charge is 2.33. The predicted molar refractivity (Wildman–Crippen MR) is 114 cm³/mol. The van der Waals surface area contributed by atoms with Gasteiger partial charge < -0.3 is 5.32 Å². The number of benzene rings is 1. The van der Waals surface area contributed by atoms with Gasteiger partial charge in [-0.15, -0.1) is 0 Å². The van der Waals surface area contributed by atoms with E-state index in [1.807, 2.05) is 13.8 Å². The topological polar surface area (TPSA) is 67.2 Å². The number of halogens is 1. The molecule has 0 spiro atoms. The first-order valence-electron chi connectivity index (χ1n) is 10.8. The highest BCUT2D eigenvalue weighted by atomic mass is 19.1. The fourth-order valence-corrected chi connectivity index (χ4v) is 4.24. The zero-order chi connectivity index (χ0) is 21.3. The van der Waals surface area contributed by atoms with E-state index in [2.05, 4.69) is 15.3 Å². The van der Waals surface area contributed by atoms with Crippen LogP contribution in [-0.2, 0) is 11.3 Å². The summed E-state index contributed by atoms with van der Waals surface area (Å²) < 4.78 is 14.9. The normalized spacial score (nSPS) is 19.8. The van der Waals surface area contributed by atoms with E-state index in [0.29, 0.717) is 22.9 Å². The van der Waals surface area contributed by atoms with E-state index in [1.165, 1.54) is 35.7 Å². The molecule has 0 radical (unpaired) electrons. The maximum absolute atomic E-state index is 13.7. The van der Waals surface area contributed by atoms with E-state index < -0.39 is 0 Å². The van der Waals surface area contributed by atoms with E-state index >= 15 is 0 Å². The van der Waals surface area contributed by atoms with Gasteiger partial charge >= 0.3 is 0 Å². The minimum atomic E-state index is -0.364. The second kappa shape index (κ2) is 8.68. The zero-order valence-electron chi connectivity index (χ0n) is 17.6. The zero-order valence-corrected chi connectivity index (χ0v) is 17.6. The quantitative estimate of drug-likeness (QED) is 0.792. The summed E-state index contributed by atoms with van der Waals surface area (Å²) in [4.78, 5) is 27.8. The molecule has 160 valence electrons. The number of nitrogens with one attached hydrogen (secondary N) is 1. The third-order valence-corrected chi connectivity index (χ3v) is 5.88. The van der Waals surface area contributed by atoms with Crippen LogP contribution in [0.15, 0.2) is 35.1 Å². The van der Waals surface area contributed by atoms with Crippen molar-refractivity contribution in [1.82, 2.24) is 20.0 Å². The molecule has 0 bridgehead atoms. The first kappa shape index (κ1) is 20.7. The van der Waals surface area contributed by atoms with Gasteiger partial charge in [-0.3, -0.25) is 14.5 Å². The van der Waals surface area contributed by atoms with E-state index in [-0.39, 0.29) is 35.8 Å². The number of hydrogen-bond donors (Lipinski definition) is 1. The number of carbonyl (C=O) groups excluding carboxylic acids is 1. The Morgan fingerprint density at radius 3 is 2.77 bits per heavy atom. The van der Waals surface area contributed by atoms with Crippen molar-refractivity contribution in [3.8, 4) is 11.1 Å². The molecule has 1 atom stereocenters. The molecule has 1 amide bonds. The molecule has 0 unspecified atom stereocenters. The van der Waals surface area contributed by atoms with Gasteiger partial charge in [0.15, 0.2) is 0 Å². The van der Waals surface area contributed by atoms with Crippen LogP contribution in [0.3, 0.4) is 0 Å². The molecule has 30 heavy (non-hydrogen) atoms. The van der Waals surface area contributed by atoms with Gasteiger partial charge in [0.25, 0.3) is 5.56 Å². The number of piperidine rings is 1. The minimum Gasteiger partial charge on any atom is -0.350 e. The summed E-state index contributed by atoms with van der Waals surface area (Å²) in [5, 5.41) is 7.55. The molecule has 1 aliphatic carbocycles. The number of aromatic nitrogens is 2. The maximum atomic E-state index is 13.7. The molecule has 1 aromatic carbocycles. The lowest BCUT2D eigenvalue weighted by Gasteiger charge is -2.33. The Morgan fingerprint density at radius 1 is 1.27 bits per heavy atom. The summed E-state index contributed by atoms with van der Waals surface area (Å²) in [6.45, 7) is 5.82. The second-order valence-corrected chi connectivity index (χ2v) is 8.74. The van der Waals surface area contributed by atoms with Crippen molar-refractivity contribution in [3.63, 3.8) is 0 Å². The highest BCUT2D eigenvalue weighted by molar-refractivity contribution is 5.76. The highest BCUT2D eigenvalue weighted by Crippen LogP contribution is 2.29. The average molecular weight is 413 g/mol. The van der Waals surface area contributed by atoms with Crippen molar-refractivity contribution >= 4 is 5.91 Å². The number of likely N-dealkylation sites (tertiary alicyclic amines) is 1. The third-order valence-electron chi connectivity index (χ3n) is 5.88. The van der Waals surface area contributed by atoms with Crippen LogP contribution in [0, 0.1) is 5.82 Å². The largest absolute Gasteiger partial charge is 0.350 e. The summed E-state index contributed by atoms with van der Waals surface area (Å²) in [6, 6.07) is 8.41. The van der Waals surface area contributed by atoms with Crippen LogP contribution < -0.4 is 10.9 Å². The Balaban J connectivity index is 1.50. The van der Waals surface area contributed by atoms with Crippen LogP contribution in [0.25, 0.3) is 11.1 Å². The van der Waals surface area contributed by atoms with Crippen molar-refractivity contribution in [2.24, 2.45) is 0 Å². The van der Waals surface area contributed by atoms with E-state index in [1.54, 1.807) is 12.1 Å². The lowest BCUT2D eigenvalue weighted by molar-refractivity contribution is -0.123. The molecule has 2 fully saturated rings. The van der Waals surface area contributed by atoms with Gasteiger partial charge in [0.1, 0.15) is 12.4 Å². The standard InChI is InChI=1S/C23H29FN4O2/c1-15(2)23-20(16-5-3-6-17(24)11-16)12-22(30)28(26-23)14-21(29)25-18-7-4-10-27(13-18)19-8-9-19/h3,5-6,11-12,15,18-19H,4,7-10,13-14H2,1-2H3,(H,25,29)/t18-/m0/s1. The number of hydrogen-bond acceptors (Lipinski definition) is 4. The molecular formula is C23H29FN4O2. The summed E-state index contributed by atoms with van der Waals surface area (Å²) in [5.74, 6) is -0.539. The van der Waals surface area contributed by atoms with Crippen molar-refractivity contribution in [3.05, 3.63) is 52.2 Å². The molecule has 1 saturated carbocycles. The molecule has 2 heterocycles. The van der Waals surface area contributed by atoms with Crippen molar-refractivity contribution in [2.75, 3.05) is 13.1 Å². The monoisotopic (exact) mass is 412 g/mol. The Bertz CT molecular complexity index is 983. The lowest BCUT2D eigenvalue weighted by Crippen LogP contribution is -2.49. The molecule has 1 aliphatic heterocycles. The van der Waals surface area contributed by atoms with E-state index in [4.69, 9.17) is 0 Å². The summed E-state index contributed by atoms with van der Waals surface area (Å²) in [7, 11) is 0. The molecule has 2 aliphatic rings. The molecule has 1 aromatic heterocycles. The third kappa shape index (κ3) is 4.78. The van der Waals surface area contributed by atoms with Gasteiger partial charge in [-0.2, -0.15) is 5.10 Å². The van der Waals surface area contributed by atoms with Crippen molar-refractivity contribution in [1.29, 1.82) is 0 Å². The molecule has 2 aromatic rings. The van der Waals surface area contributed by atoms with Gasteiger partial charge in [-0.05, 0) is 55.8 Å². The lowest BCUT2D eigenvalue weighted by atomic mass is 9.98. The van der Waals surface area contributed by atoms with Crippen molar-refractivity contribution in [2.45, 2.75) is 64.1 Å². The molecule has 1 N–H and O–H groups in total. The van der Waals surface area contributed by atoms with Gasteiger partial charge in [0.05, 0.1) is 5.69 Å². The Morgan fingerprint density at radius 2 is 2.07 bits per heavy atom. The number of amides is 1. The summed E-state index contributed by atoms with van der Waals surface area (Å²) in [5.41, 5.74) is 1.53. The Labute approximate surface area is 176 Å². The van der Waals surface area contributed by atoms with Crippen LogP contribution in [0.4, 0.5) is 4.39 Å². The van der Waals surface area contributed by atoms with Gasteiger partial charge in [-0.1, -0.05) is 26.0 Å². The van der Waals surface area contributed by atoms with Gasteiger partial charge in [0.2, 0.25) is 5.91 Å². The fraction of sp³-hybridized carbons (Fsp3) is 0.522. The van der Waals surface area contributed by atoms with Gasteiger partial charge in [-0.25, -0.2) is 9.07 Å². The minimum absolute atomic E-state index is 0.0172. The Kier molecular flexibility index (Phi) is 5.99. The molecular weight excluding hydrogens is 383 g/mol. The number of rotatable bonds is 6. The Hall–Kier alpha value is -2.54. The first-order chi connectivity index (χ1) is 14.4. The molecule has 1 saturated heterocycles. The van der Waals surface area contributed by atoms with Crippen LogP contribution in [0.2, 0.25) is 0 Å². The summed E-state index contributed by atoms with van der Waals surface area (Å²) in [6.07, 6.45) is 4.57. The van der Waals surface area contributed by atoms with Crippen LogP contribution in [0.5, 0.6) is 0 Å². The van der Waals surface area contributed by atoms with Crippen LogP contribution >= 0.6 is 0 Å². The number of carbonyl (C=O) groups is 1. The predicted octanol–water partition coefficient (Wildman–Crippen LogP) is 2.92. The number of nitrogens with zero attached hydrogens (tertiary/aromatic N) is 3. The van der Waals surface area contributed by atoms with Crippen molar-refractivity contribution < 1.29 is 9.18 Å². The molecule has 6 nitrogen and oxygen atoms in total. The maximum Gasteiger partial charge on any atom is 0.267 e. The fourth-order valence-electron chi connectivity index (χ4n) is 4.24. The van der Waals surface area contributed by atoms with Crippen LogP contribution in [-0.4, -0.2) is 45.8 Å². The van der Waals surface area contributed by atoms with Gasteiger partial charge in [0, 0.05) is 30.3 Å². The summed E-state index contributed by atoms with van der Waals surface area (Å²) >= 11 is 0. The first-order valence-corrected chi connectivity index (χ1v) is 10.8. The molecule has 7 heteroatoms. The second-order valence-electron chi connectivity index (χ2n) is 8.74. The van der Waals surface area contributed by atoms with E-state index in [9.17, 15) is 14.0 Å².